The smallest absolute Gasteiger partial charge is 0.140 e. The highest BCUT2D eigenvalue weighted by Gasteiger charge is 1.91. The first-order valence-electron chi connectivity index (χ1n) is 3.12. The van der Waals surface area contributed by atoms with Gasteiger partial charge in [0.15, 0.2) is 0 Å². The van der Waals surface area contributed by atoms with Crippen LogP contribution >= 0.6 is 0 Å². The third-order valence-electron chi connectivity index (χ3n) is 1.06. The molecule has 2 N–H and O–H groups in total. The van der Waals surface area contributed by atoms with Crippen LogP contribution in [0.5, 0.6) is 0 Å². The SMILES string of the molecule is C#CCOCn1cc(N)cn1. The summed E-state index contributed by atoms with van der Waals surface area (Å²) in [5.74, 6) is 2.35. The molecule has 1 aromatic rings. The van der Waals surface area contributed by atoms with E-state index in [9.17, 15) is 0 Å². The average molecular weight is 151 g/mol. The molecule has 0 saturated carbocycles. The van der Waals surface area contributed by atoms with E-state index < -0.39 is 0 Å². The molecule has 58 valence electrons. The molecule has 0 aromatic carbocycles. The molecular weight excluding hydrogens is 142 g/mol. The topological polar surface area (TPSA) is 53.1 Å². The fourth-order valence-corrected chi connectivity index (χ4v) is 0.648. The summed E-state index contributed by atoms with van der Waals surface area (Å²) in [4.78, 5) is 0. The van der Waals surface area contributed by atoms with Crippen LogP contribution in [0.1, 0.15) is 0 Å². The average Bonchev–Trinajstić information content (AvgIpc) is 2.37. The maximum Gasteiger partial charge on any atom is 0.140 e. The maximum absolute atomic E-state index is 5.40. The van der Waals surface area contributed by atoms with E-state index in [-0.39, 0.29) is 0 Å². The first-order valence-corrected chi connectivity index (χ1v) is 3.12. The molecule has 0 spiro atoms. The summed E-state index contributed by atoms with van der Waals surface area (Å²) in [6, 6.07) is 0. The van der Waals surface area contributed by atoms with Gasteiger partial charge in [-0.2, -0.15) is 5.10 Å². The third kappa shape index (κ3) is 2.32. The lowest BCUT2D eigenvalue weighted by atomic mass is 10.6. The highest BCUT2D eigenvalue weighted by atomic mass is 16.5. The quantitative estimate of drug-likeness (QED) is 0.491. The van der Waals surface area contributed by atoms with Crippen LogP contribution in [0.25, 0.3) is 0 Å². The molecule has 0 aliphatic heterocycles. The van der Waals surface area contributed by atoms with Crippen LogP contribution in [0.4, 0.5) is 5.69 Å². The number of hydrogen-bond acceptors (Lipinski definition) is 3. The summed E-state index contributed by atoms with van der Waals surface area (Å²) in [6.45, 7) is 0.640. The van der Waals surface area contributed by atoms with Crippen molar-refractivity contribution in [2.45, 2.75) is 6.73 Å². The Kier molecular flexibility index (Phi) is 2.53. The van der Waals surface area contributed by atoms with Gasteiger partial charge in [0.25, 0.3) is 0 Å². The van der Waals surface area contributed by atoms with Crippen LogP contribution in [0, 0.1) is 12.3 Å². The van der Waals surface area contributed by atoms with E-state index in [1.807, 2.05) is 0 Å². The van der Waals surface area contributed by atoms with Gasteiger partial charge in [-0.3, -0.25) is 0 Å². The van der Waals surface area contributed by atoms with Gasteiger partial charge in [-0.25, -0.2) is 4.68 Å². The number of hydrogen-bond donors (Lipinski definition) is 1. The number of terminal acetylenes is 1. The highest BCUT2D eigenvalue weighted by Crippen LogP contribution is 1.96. The molecule has 0 aliphatic rings. The molecule has 0 unspecified atom stereocenters. The second kappa shape index (κ2) is 3.64. The van der Waals surface area contributed by atoms with Crippen molar-refractivity contribution in [3.8, 4) is 12.3 Å². The number of aromatic nitrogens is 2. The number of anilines is 1. The minimum absolute atomic E-state index is 0.291. The predicted octanol–water partition coefficient (Wildman–Crippen LogP) is 0.0726. The molecule has 11 heavy (non-hydrogen) atoms. The van der Waals surface area contributed by atoms with Gasteiger partial charge in [-0.05, 0) is 0 Å². The van der Waals surface area contributed by atoms with Crippen molar-refractivity contribution in [3.63, 3.8) is 0 Å². The number of ether oxygens (including phenoxy) is 1. The fourth-order valence-electron chi connectivity index (χ4n) is 0.648. The zero-order valence-corrected chi connectivity index (χ0v) is 6.03. The maximum atomic E-state index is 5.40. The van der Waals surface area contributed by atoms with Crippen LogP contribution in [0.3, 0.4) is 0 Å². The summed E-state index contributed by atoms with van der Waals surface area (Å²) >= 11 is 0. The first kappa shape index (κ1) is 7.63. The molecule has 0 saturated heterocycles. The first-order chi connectivity index (χ1) is 5.33. The van der Waals surface area contributed by atoms with Crippen LogP contribution in [0.15, 0.2) is 12.4 Å². The molecule has 4 heteroatoms. The van der Waals surface area contributed by atoms with Gasteiger partial charge in [-0.1, -0.05) is 5.92 Å². The van der Waals surface area contributed by atoms with Gasteiger partial charge in [0, 0.05) is 0 Å². The van der Waals surface area contributed by atoms with Gasteiger partial charge in [-0.15, -0.1) is 6.42 Å². The number of nitrogens with zero attached hydrogens (tertiary/aromatic N) is 2. The van der Waals surface area contributed by atoms with E-state index in [4.69, 9.17) is 16.9 Å². The minimum atomic E-state index is 0.291. The van der Waals surface area contributed by atoms with Crippen molar-refractivity contribution in [2.75, 3.05) is 12.3 Å². The van der Waals surface area contributed by atoms with Crippen molar-refractivity contribution in [1.29, 1.82) is 0 Å². The lowest BCUT2D eigenvalue weighted by Crippen LogP contribution is -2.02. The molecule has 0 aliphatic carbocycles. The van der Waals surface area contributed by atoms with Crippen LogP contribution < -0.4 is 5.73 Å². The molecule has 0 radical (unpaired) electrons. The van der Waals surface area contributed by atoms with Gasteiger partial charge in [0.2, 0.25) is 0 Å². The standard InChI is InChI=1S/C7H9N3O/c1-2-3-11-6-10-5-7(8)4-9-10/h1,4-5H,3,6,8H2. The molecule has 0 bridgehead atoms. The van der Waals surface area contributed by atoms with Gasteiger partial charge in [0.05, 0.1) is 18.1 Å². The van der Waals surface area contributed by atoms with Crippen molar-refractivity contribution < 1.29 is 4.74 Å². The Bertz CT molecular complexity index is 261. The second-order valence-electron chi connectivity index (χ2n) is 1.99. The van der Waals surface area contributed by atoms with Crippen LogP contribution in [-0.4, -0.2) is 16.4 Å². The normalized spacial score (nSPS) is 9.36. The number of rotatable bonds is 3. The lowest BCUT2D eigenvalue weighted by molar-refractivity contribution is 0.0949. The third-order valence-corrected chi connectivity index (χ3v) is 1.06. The zero-order chi connectivity index (χ0) is 8.10. The van der Waals surface area contributed by atoms with E-state index in [1.54, 1.807) is 17.1 Å². The van der Waals surface area contributed by atoms with Crippen molar-refractivity contribution >= 4 is 5.69 Å². The summed E-state index contributed by atoms with van der Waals surface area (Å²) in [7, 11) is 0. The molecule has 1 rings (SSSR count). The van der Waals surface area contributed by atoms with Gasteiger partial charge < -0.3 is 10.5 Å². The van der Waals surface area contributed by atoms with Crippen molar-refractivity contribution in [2.24, 2.45) is 0 Å². The van der Waals surface area contributed by atoms with Gasteiger partial charge >= 0.3 is 0 Å². The van der Waals surface area contributed by atoms with Crippen molar-refractivity contribution in [3.05, 3.63) is 12.4 Å². The molecule has 0 fully saturated rings. The Morgan fingerprint density at radius 2 is 2.64 bits per heavy atom. The highest BCUT2D eigenvalue weighted by molar-refractivity contribution is 5.30. The zero-order valence-electron chi connectivity index (χ0n) is 6.03. The Balaban J connectivity index is 2.34. The Labute approximate surface area is 65.0 Å². The van der Waals surface area contributed by atoms with Crippen LogP contribution in [0.2, 0.25) is 0 Å². The largest absolute Gasteiger partial charge is 0.396 e. The van der Waals surface area contributed by atoms with E-state index in [0.717, 1.165) is 0 Å². The number of nitrogen functional groups attached to an aromatic ring is 1. The van der Waals surface area contributed by atoms with Gasteiger partial charge in [0.1, 0.15) is 13.3 Å². The monoisotopic (exact) mass is 151 g/mol. The molecule has 1 aromatic heterocycles. The lowest BCUT2D eigenvalue weighted by Gasteiger charge is -1.98. The molecule has 4 nitrogen and oxygen atoms in total. The second-order valence-corrected chi connectivity index (χ2v) is 1.99. The fraction of sp³-hybridized carbons (Fsp3) is 0.286. The van der Waals surface area contributed by atoms with E-state index in [1.165, 1.54) is 0 Å². The summed E-state index contributed by atoms with van der Waals surface area (Å²) < 4.78 is 6.57. The summed E-state index contributed by atoms with van der Waals surface area (Å²) in [5, 5.41) is 3.89. The molecule has 0 atom stereocenters. The Morgan fingerprint density at radius 3 is 3.18 bits per heavy atom. The Hall–Kier alpha value is -1.47. The Morgan fingerprint density at radius 1 is 1.82 bits per heavy atom. The summed E-state index contributed by atoms with van der Waals surface area (Å²) in [5.41, 5.74) is 6.02. The summed E-state index contributed by atoms with van der Waals surface area (Å²) in [6.07, 6.45) is 8.20. The molecule has 0 amide bonds. The minimum Gasteiger partial charge on any atom is -0.396 e. The molecule has 1 heterocycles. The van der Waals surface area contributed by atoms with E-state index in [2.05, 4.69) is 11.0 Å². The number of nitrogens with two attached hydrogens (primary N) is 1. The van der Waals surface area contributed by atoms with E-state index in [0.29, 0.717) is 19.0 Å². The molecular formula is C7H9N3O. The van der Waals surface area contributed by atoms with Crippen LogP contribution in [-0.2, 0) is 11.5 Å². The van der Waals surface area contributed by atoms with E-state index >= 15 is 0 Å². The predicted molar refractivity (Wildman–Crippen MR) is 41.4 cm³/mol. The van der Waals surface area contributed by atoms with Crippen molar-refractivity contribution in [1.82, 2.24) is 9.78 Å².